The van der Waals surface area contributed by atoms with E-state index in [1.807, 2.05) is 6.07 Å². The first-order valence-electron chi connectivity index (χ1n) is 9.90. The fourth-order valence-electron chi connectivity index (χ4n) is 3.87. The molecule has 0 aromatic heterocycles. The summed E-state index contributed by atoms with van der Waals surface area (Å²) in [5, 5.41) is 2.88. The Morgan fingerprint density at radius 2 is 1.72 bits per heavy atom. The van der Waals surface area contributed by atoms with Crippen LogP contribution in [0.15, 0.2) is 53.4 Å². The number of carbonyl (C=O) groups excluding carboxylic acids is 1. The van der Waals surface area contributed by atoms with Crippen molar-refractivity contribution in [2.75, 3.05) is 44.7 Å². The molecule has 154 valence electrons. The molecule has 8 heteroatoms. The highest BCUT2D eigenvalue weighted by atomic mass is 32.2. The number of hydrogen-bond acceptors (Lipinski definition) is 4. The molecule has 2 aromatic rings. The number of fused-ring (bicyclic) bond motifs is 1. The van der Waals surface area contributed by atoms with E-state index in [9.17, 15) is 13.2 Å². The van der Waals surface area contributed by atoms with Gasteiger partial charge in [-0.1, -0.05) is 24.3 Å². The molecule has 2 aliphatic heterocycles. The minimum atomic E-state index is -3.52. The topological polar surface area (TPSA) is 80.2 Å². The van der Waals surface area contributed by atoms with Gasteiger partial charge in [-0.05, 0) is 29.8 Å². The standard InChI is InChI=1S/C21H25N3O4S/c25-21(16-23-10-9-17-3-1-2-4-18(17)15-23)22-19-5-7-20(8-6-19)29(26,27)24-11-13-28-14-12-24/h1-8H,9-16H2,(H,22,25)/p+1. The molecule has 2 N–H and O–H groups in total. The van der Waals surface area contributed by atoms with Crippen LogP contribution in [0.5, 0.6) is 0 Å². The molecule has 0 bridgehead atoms. The zero-order valence-corrected chi connectivity index (χ0v) is 17.1. The number of ether oxygens (including phenoxy) is 1. The molecule has 0 aliphatic carbocycles. The molecular formula is C21H26N3O4S+. The van der Waals surface area contributed by atoms with Crippen molar-refractivity contribution in [3.63, 3.8) is 0 Å². The van der Waals surface area contributed by atoms with E-state index >= 15 is 0 Å². The Bertz CT molecular complexity index is 970. The maximum Gasteiger partial charge on any atom is 0.279 e. The van der Waals surface area contributed by atoms with Crippen LogP contribution in [0.2, 0.25) is 0 Å². The van der Waals surface area contributed by atoms with E-state index < -0.39 is 10.0 Å². The van der Waals surface area contributed by atoms with Crippen LogP contribution in [-0.2, 0) is 32.5 Å². The highest BCUT2D eigenvalue weighted by Gasteiger charge is 2.26. The van der Waals surface area contributed by atoms with Crippen molar-refractivity contribution in [3.8, 4) is 0 Å². The third-order valence-corrected chi connectivity index (χ3v) is 7.38. The first kappa shape index (κ1) is 20.0. The van der Waals surface area contributed by atoms with Crippen LogP contribution >= 0.6 is 0 Å². The number of carbonyl (C=O) groups is 1. The van der Waals surface area contributed by atoms with Crippen LogP contribution in [0.25, 0.3) is 0 Å². The van der Waals surface area contributed by atoms with Gasteiger partial charge in [-0.25, -0.2) is 8.42 Å². The van der Waals surface area contributed by atoms with Gasteiger partial charge in [0, 0.05) is 30.8 Å². The molecule has 0 radical (unpaired) electrons. The molecule has 2 aromatic carbocycles. The molecular weight excluding hydrogens is 390 g/mol. The molecule has 2 heterocycles. The predicted molar refractivity (Wildman–Crippen MR) is 109 cm³/mol. The van der Waals surface area contributed by atoms with Crippen LogP contribution in [0.4, 0.5) is 5.69 Å². The largest absolute Gasteiger partial charge is 0.379 e. The summed E-state index contributed by atoms with van der Waals surface area (Å²) in [7, 11) is -3.52. The molecule has 1 unspecified atom stereocenters. The van der Waals surface area contributed by atoms with Crippen LogP contribution in [0, 0.1) is 0 Å². The minimum absolute atomic E-state index is 0.0665. The van der Waals surface area contributed by atoms with Gasteiger partial charge < -0.3 is 15.0 Å². The molecule has 1 saturated heterocycles. The van der Waals surface area contributed by atoms with Crippen molar-refractivity contribution < 1.29 is 22.8 Å². The number of nitrogens with zero attached hydrogens (tertiary/aromatic N) is 1. The summed E-state index contributed by atoms with van der Waals surface area (Å²) in [5.41, 5.74) is 3.28. The second-order valence-corrected chi connectivity index (χ2v) is 9.40. The van der Waals surface area contributed by atoms with Crippen LogP contribution in [0.3, 0.4) is 0 Å². The van der Waals surface area contributed by atoms with Crippen LogP contribution in [-0.4, -0.2) is 58.0 Å². The highest BCUT2D eigenvalue weighted by molar-refractivity contribution is 7.89. The lowest BCUT2D eigenvalue weighted by Gasteiger charge is -2.26. The first-order chi connectivity index (χ1) is 14.0. The molecule has 1 fully saturated rings. The van der Waals surface area contributed by atoms with Crippen molar-refractivity contribution in [1.29, 1.82) is 0 Å². The lowest BCUT2D eigenvalue weighted by Crippen LogP contribution is -3.12. The molecule has 7 nitrogen and oxygen atoms in total. The second kappa shape index (κ2) is 8.62. The van der Waals surface area contributed by atoms with E-state index in [-0.39, 0.29) is 10.8 Å². The van der Waals surface area contributed by atoms with Gasteiger partial charge >= 0.3 is 0 Å². The predicted octanol–water partition coefficient (Wildman–Crippen LogP) is 0.287. The van der Waals surface area contributed by atoms with E-state index in [1.165, 1.54) is 20.3 Å². The number of rotatable bonds is 5. The van der Waals surface area contributed by atoms with Gasteiger partial charge in [-0.3, -0.25) is 4.79 Å². The number of nitrogens with one attached hydrogen (secondary N) is 2. The van der Waals surface area contributed by atoms with Gasteiger partial charge in [0.2, 0.25) is 10.0 Å². The molecule has 1 atom stereocenters. The second-order valence-electron chi connectivity index (χ2n) is 7.46. The smallest absolute Gasteiger partial charge is 0.279 e. The summed E-state index contributed by atoms with van der Waals surface area (Å²) in [6.07, 6.45) is 0.979. The fourth-order valence-corrected chi connectivity index (χ4v) is 5.28. The van der Waals surface area contributed by atoms with Crippen molar-refractivity contribution in [3.05, 3.63) is 59.7 Å². The summed E-state index contributed by atoms with van der Waals surface area (Å²) in [4.78, 5) is 13.9. The third kappa shape index (κ3) is 4.67. The Morgan fingerprint density at radius 3 is 2.45 bits per heavy atom. The van der Waals surface area contributed by atoms with Crippen molar-refractivity contribution in [2.45, 2.75) is 17.9 Å². The van der Waals surface area contributed by atoms with Crippen molar-refractivity contribution in [1.82, 2.24) is 4.31 Å². The molecule has 4 rings (SSSR count). The fraction of sp³-hybridized carbons (Fsp3) is 0.381. The summed E-state index contributed by atoms with van der Waals surface area (Å²) < 4.78 is 32.0. The number of hydrogen-bond donors (Lipinski definition) is 2. The van der Waals surface area contributed by atoms with Crippen molar-refractivity contribution in [2.24, 2.45) is 0 Å². The number of benzene rings is 2. The maximum atomic E-state index is 12.7. The number of anilines is 1. The normalized spacial score (nSPS) is 20.1. The summed E-state index contributed by atoms with van der Waals surface area (Å²) >= 11 is 0. The number of quaternary nitrogens is 1. The van der Waals surface area contributed by atoms with Crippen LogP contribution < -0.4 is 10.2 Å². The quantitative estimate of drug-likeness (QED) is 0.734. The average molecular weight is 417 g/mol. The van der Waals surface area contributed by atoms with Gasteiger partial charge in [-0.2, -0.15) is 4.31 Å². The zero-order chi connectivity index (χ0) is 20.3. The number of sulfonamides is 1. The Labute approximate surface area is 171 Å². The zero-order valence-electron chi connectivity index (χ0n) is 16.3. The van der Waals surface area contributed by atoms with Gasteiger partial charge in [0.05, 0.1) is 24.7 Å². The van der Waals surface area contributed by atoms with Gasteiger partial charge in [0.25, 0.3) is 5.91 Å². The number of amides is 1. The summed E-state index contributed by atoms with van der Waals surface area (Å²) in [6.45, 7) is 3.72. The summed E-state index contributed by atoms with van der Waals surface area (Å²) in [6, 6.07) is 14.7. The molecule has 1 amide bonds. The van der Waals surface area contributed by atoms with Crippen LogP contribution in [0.1, 0.15) is 11.1 Å². The Hall–Kier alpha value is -2.26. The monoisotopic (exact) mass is 416 g/mol. The average Bonchev–Trinajstić information content (AvgIpc) is 2.74. The number of morpholine rings is 1. The van der Waals surface area contributed by atoms with Crippen molar-refractivity contribution >= 4 is 21.6 Å². The molecule has 29 heavy (non-hydrogen) atoms. The SMILES string of the molecule is O=C(C[NH+]1CCc2ccccc2C1)Nc1ccc(S(=O)(=O)N2CCOCC2)cc1. The van der Waals surface area contributed by atoms with E-state index in [0.29, 0.717) is 38.5 Å². The van der Waals surface area contributed by atoms with Gasteiger partial charge in [0.1, 0.15) is 6.54 Å². The van der Waals surface area contributed by atoms with E-state index in [1.54, 1.807) is 24.3 Å². The van der Waals surface area contributed by atoms with Gasteiger partial charge in [0.15, 0.2) is 6.54 Å². The Morgan fingerprint density at radius 1 is 1.03 bits per heavy atom. The van der Waals surface area contributed by atoms with Gasteiger partial charge in [-0.15, -0.1) is 0 Å². The molecule has 0 spiro atoms. The highest BCUT2D eigenvalue weighted by Crippen LogP contribution is 2.19. The first-order valence-corrected chi connectivity index (χ1v) is 11.3. The molecule has 2 aliphatic rings. The molecule has 0 saturated carbocycles. The Balaban J connectivity index is 1.34. The van der Waals surface area contributed by atoms with E-state index in [0.717, 1.165) is 19.5 Å². The minimum Gasteiger partial charge on any atom is -0.379 e. The van der Waals surface area contributed by atoms with E-state index in [2.05, 4.69) is 23.5 Å². The maximum absolute atomic E-state index is 12.7. The Kier molecular flexibility index (Phi) is 5.96. The lowest BCUT2D eigenvalue weighted by atomic mass is 10.00. The van der Waals surface area contributed by atoms with E-state index in [4.69, 9.17) is 4.74 Å². The summed E-state index contributed by atoms with van der Waals surface area (Å²) in [5.74, 6) is -0.0665. The third-order valence-electron chi connectivity index (χ3n) is 5.46. The lowest BCUT2D eigenvalue weighted by molar-refractivity contribution is -0.907.